The number of hydrogen-bond donors (Lipinski definition) is 1. The Morgan fingerprint density at radius 1 is 1.07 bits per heavy atom. The van der Waals surface area contributed by atoms with Gasteiger partial charge in [0.2, 0.25) is 10.0 Å². The molecule has 3 aromatic rings. The average molecular weight is 425 g/mol. The molecule has 1 N–H and O–H groups in total. The summed E-state index contributed by atoms with van der Waals surface area (Å²) in [4.78, 5) is 15.1. The van der Waals surface area contributed by atoms with Crippen molar-refractivity contribution in [2.75, 3.05) is 13.1 Å². The van der Waals surface area contributed by atoms with Crippen molar-refractivity contribution in [3.05, 3.63) is 52.0 Å². The van der Waals surface area contributed by atoms with Crippen molar-refractivity contribution in [2.45, 2.75) is 18.7 Å². The van der Waals surface area contributed by atoms with Gasteiger partial charge in [-0.3, -0.25) is 4.79 Å². The number of aromatic nitrogens is 1. The van der Waals surface area contributed by atoms with Gasteiger partial charge in [-0.1, -0.05) is 37.0 Å². The number of benzene rings is 2. The van der Waals surface area contributed by atoms with Gasteiger partial charge in [-0.25, -0.2) is 8.42 Å². The highest BCUT2D eigenvalue weighted by Crippen LogP contribution is 2.35. The maximum absolute atomic E-state index is 12.8. The van der Waals surface area contributed by atoms with Crippen LogP contribution in [0.3, 0.4) is 0 Å². The summed E-state index contributed by atoms with van der Waals surface area (Å²) in [5, 5.41) is 1.41. The van der Waals surface area contributed by atoms with Crippen LogP contribution in [0, 0.1) is 0 Å². The number of hydrogen-bond acceptors (Lipinski definition) is 3. The molecule has 0 bridgehead atoms. The topological polar surface area (TPSA) is 70.2 Å². The summed E-state index contributed by atoms with van der Waals surface area (Å²) in [6.07, 6.45) is 0.701. The van der Waals surface area contributed by atoms with E-state index in [0.29, 0.717) is 57.1 Å². The maximum atomic E-state index is 12.8. The lowest BCUT2D eigenvalue weighted by atomic mass is 10.1. The molecule has 0 saturated carbocycles. The van der Waals surface area contributed by atoms with E-state index in [1.807, 2.05) is 0 Å². The lowest BCUT2D eigenvalue weighted by Crippen LogP contribution is -2.30. The minimum absolute atomic E-state index is 0.148. The van der Waals surface area contributed by atoms with Gasteiger partial charge in [0.15, 0.2) is 6.29 Å². The number of halogens is 2. The molecule has 1 heterocycles. The van der Waals surface area contributed by atoms with Gasteiger partial charge in [-0.2, -0.15) is 4.31 Å². The van der Waals surface area contributed by atoms with Crippen molar-refractivity contribution in [1.82, 2.24) is 9.29 Å². The number of carbonyl (C=O) groups excluding carboxylic acids is 1. The minimum Gasteiger partial charge on any atom is -0.354 e. The van der Waals surface area contributed by atoms with Crippen LogP contribution < -0.4 is 0 Å². The molecule has 3 rings (SSSR count). The number of carbonyl (C=O) groups is 1. The fourth-order valence-corrected chi connectivity index (χ4v) is 5.08. The summed E-state index contributed by atoms with van der Waals surface area (Å²) in [6.45, 7) is 4.31. The van der Waals surface area contributed by atoms with E-state index in [9.17, 15) is 13.2 Å². The lowest BCUT2D eigenvalue weighted by molar-refractivity contribution is 0.112. The molecule has 2 aromatic carbocycles. The van der Waals surface area contributed by atoms with E-state index < -0.39 is 10.0 Å². The molecule has 0 aliphatic rings. The highest BCUT2D eigenvalue weighted by molar-refractivity contribution is 7.89. The van der Waals surface area contributed by atoms with Crippen LogP contribution >= 0.6 is 23.2 Å². The SMILES string of the molecule is CCN(CC)S(=O)(=O)c1ccc2[nH]c(-c3ccc(Cl)cc3Cl)c(C=O)c2c1. The fourth-order valence-electron chi connectivity index (χ4n) is 3.09. The number of nitrogens with one attached hydrogen (secondary N) is 1. The van der Waals surface area contributed by atoms with E-state index in [2.05, 4.69) is 4.98 Å². The zero-order chi connectivity index (χ0) is 19.8. The first-order chi connectivity index (χ1) is 12.8. The molecule has 0 aliphatic heterocycles. The second-order valence-corrected chi connectivity index (χ2v) is 8.73. The van der Waals surface area contributed by atoms with Crippen LogP contribution in [0.25, 0.3) is 22.2 Å². The second-order valence-electron chi connectivity index (χ2n) is 5.95. The quantitative estimate of drug-likeness (QED) is 0.566. The molecule has 0 aliphatic carbocycles. The van der Waals surface area contributed by atoms with Gasteiger partial charge in [0.25, 0.3) is 0 Å². The molecule has 5 nitrogen and oxygen atoms in total. The molecule has 0 fully saturated rings. The van der Waals surface area contributed by atoms with Gasteiger partial charge < -0.3 is 4.98 Å². The van der Waals surface area contributed by atoms with E-state index in [-0.39, 0.29) is 4.90 Å². The predicted molar refractivity (Wildman–Crippen MR) is 109 cm³/mol. The number of sulfonamides is 1. The Morgan fingerprint density at radius 2 is 1.78 bits per heavy atom. The van der Waals surface area contributed by atoms with E-state index in [0.717, 1.165) is 0 Å². The summed E-state index contributed by atoms with van der Waals surface area (Å²) in [7, 11) is -3.63. The molecule has 0 saturated heterocycles. The molecule has 0 radical (unpaired) electrons. The van der Waals surface area contributed by atoms with Crippen molar-refractivity contribution >= 4 is 50.4 Å². The molecule has 0 unspecified atom stereocenters. The van der Waals surface area contributed by atoms with E-state index in [1.165, 1.54) is 16.4 Å². The highest BCUT2D eigenvalue weighted by Gasteiger charge is 2.23. The third-order valence-corrected chi connectivity index (χ3v) is 7.07. The number of aldehydes is 1. The largest absolute Gasteiger partial charge is 0.354 e. The van der Waals surface area contributed by atoms with Gasteiger partial charge in [0, 0.05) is 40.1 Å². The number of aromatic amines is 1. The summed E-state index contributed by atoms with van der Waals surface area (Å²) in [5.41, 5.74) is 2.15. The van der Waals surface area contributed by atoms with Crippen molar-refractivity contribution in [3.63, 3.8) is 0 Å². The van der Waals surface area contributed by atoms with Gasteiger partial charge >= 0.3 is 0 Å². The third kappa shape index (κ3) is 3.50. The summed E-state index contributed by atoms with van der Waals surface area (Å²) in [5.74, 6) is 0. The van der Waals surface area contributed by atoms with Crippen LogP contribution in [0.15, 0.2) is 41.3 Å². The first-order valence-electron chi connectivity index (χ1n) is 8.40. The molecule has 8 heteroatoms. The fraction of sp³-hybridized carbons (Fsp3) is 0.211. The molecular weight excluding hydrogens is 407 g/mol. The van der Waals surface area contributed by atoms with Crippen LogP contribution in [0.5, 0.6) is 0 Å². The monoisotopic (exact) mass is 424 g/mol. The summed E-state index contributed by atoms with van der Waals surface area (Å²) >= 11 is 12.2. The number of rotatable bonds is 6. The molecule has 27 heavy (non-hydrogen) atoms. The average Bonchev–Trinajstić information content (AvgIpc) is 2.99. The van der Waals surface area contributed by atoms with Crippen LogP contribution in [0.4, 0.5) is 0 Å². The number of H-pyrrole nitrogens is 1. The van der Waals surface area contributed by atoms with Gasteiger partial charge in [0.05, 0.1) is 15.6 Å². The smallest absolute Gasteiger partial charge is 0.243 e. The third-order valence-electron chi connectivity index (χ3n) is 4.47. The first-order valence-corrected chi connectivity index (χ1v) is 10.6. The standard InChI is InChI=1S/C19H18Cl2N2O3S/c1-3-23(4-2)27(25,26)13-6-8-18-15(10-13)16(11-24)19(22-18)14-7-5-12(20)9-17(14)21/h5-11,22H,3-4H2,1-2H3. The molecule has 142 valence electrons. The Bertz CT molecular complexity index is 1120. The van der Waals surface area contributed by atoms with E-state index >= 15 is 0 Å². The number of nitrogens with zero attached hydrogens (tertiary/aromatic N) is 1. The minimum atomic E-state index is -3.63. The van der Waals surface area contributed by atoms with Crippen LogP contribution in [-0.4, -0.2) is 37.1 Å². The van der Waals surface area contributed by atoms with Crippen LogP contribution in [0.1, 0.15) is 24.2 Å². The van der Waals surface area contributed by atoms with Crippen molar-refractivity contribution < 1.29 is 13.2 Å². The zero-order valence-electron chi connectivity index (χ0n) is 14.8. The van der Waals surface area contributed by atoms with Crippen molar-refractivity contribution in [2.24, 2.45) is 0 Å². The van der Waals surface area contributed by atoms with Gasteiger partial charge in [-0.15, -0.1) is 0 Å². The molecule has 0 atom stereocenters. The predicted octanol–water partition coefficient (Wildman–Crippen LogP) is 4.98. The van der Waals surface area contributed by atoms with Crippen molar-refractivity contribution in [1.29, 1.82) is 0 Å². The number of fused-ring (bicyclic) bond motifs is 1. The Hall–Kier alpha value is -1.86. The molecule has 1 aromatic heterocycles. The Kier molecular flexibility index (Phi) is 5.63. The van der Waals surface area contributed by atoms with Gasteiger partial charge in [-0.05, 0) is 36.4 Å². The maximum Gasteiger partial charge on any atom is 0.243 e. The zero-order valence-corrected chi connectivity index (χ0v) is 17.1. The van der Waals surface area contributed by atoms with Crippen LogP contribution in [0.2, 0.25) is 10.0 Å². The molecule has 0 spiro atoms. The molecular formula is C19H18Cl2N2O3S. The Morgan fingerprint density at radius 3 is 2.37 bits per heavy atom. The van der Waals surface area contributed by atoms with Gasteiger partial charge in [0.1, 0.15) is 0 Å². The molecule has 0 amide bonds. The van der Waals surface area contributed by atoms with Crippen molar-refractivity contribution in [3.8, 4) is 11.3 Å². The highest BCUT2D eigenvalue weighted by atomic mass is 35.5. The lowest BCUT2D eigenvalue weighted by Gasteiger charge is -2.18. The summed E-state index contributed by atoms with van der Waals surface area (Å²) < 4.78 is 27.0. The Balaban J connectivity index is 2.23. The Labute approximate surface area is 167 Å². The summed E-state index contributed by atoms with van der Waals surface area (Å²) in [6, 6.07) is 9.71. The van der Waals surface area contributed by atoms with Crippen LogP contribution in [-0.2, 0) is 10.0 Å². The van der Waals surface area contributed by atoms with E-state index in [4.69, 9.17) is 23.2 Å². The van der Waals surface area contributed by atoms with E-state index in [1.54, 1.807) is 38.1 Å². The second kappa shape index (κ2) is 7.64. The first kappa shape index (κ1) is 19.9. The normalized spacial score (nSPS) is 12.0.